The van der Waals surface area contributed by atoms with Gasteiger partial charge in [0.05, 0.1) is 0 Å². The molecule has 19 heavy (non-hydrogen) atoms. The molecule has 1 unspecified atom stereocenters. The van der Waals surface area contributed by atoms with Crippen LogP contribution in [0.5, 0.6) is 0 Å². The van der Waals surface area contributed by atoms with E-state index < -0.39 is 0 Å². The van der Waals surface area contributed by atoms with Crippen LogP contribution >= 0.6 is 11.8 Å². The molecule has 2 amide bonds. The Kier molecular flexibility index (Phi) is 7.90. The predicted molar refractivity (Wildman–Crippen MR) is 79.3 cm³/mol. The van der Waals surface area contributed by atoms with Gasteiger partial charge in [-0.3, -0.25) is 9.59 Å². The Morgan fingerprint density at radius 3 is 2.68 bits per heavy atom. The van der Waals surface area contributed by atoms with E-state index in [-0.39, 0.29) is 17.9 Å². The molecule has 1 aliphatic rings. The van der Waals surface area contributed by atoms with Crippen LogP contribution in [0.4, 0.5) is 0 Å². The molecule has 1 aliphatic heterocycles. The minimum atomic E-state index is 0.0346. The third-order valence-electron chi connectivity index (χ3n) is 3.21. The summed E-state index contributed by atoms with van der Waals surface area (Å²) in [6.45, 7) is 6.80. The van der Waals surface area contributed by atoms with Gasteiger partial charge in [0, 0.05) is 56.6 Å². The minimum absolute atomic E-state index is 0.0346. The summed E-state index contributed by atoms with van der Waals surface area (Å²) in [5.41, 5.74) is 0. The second-order valence-corrected chi connectivity index (χ2v) is 5.75. The lowest BCUT2D eigenvalue weighted by Gasteiger charge is -2.22. The van der Waals surface area contributed by atoms with Gasteiger partial charge in [0.15, 0.2) is 0 Å². The smallest absolute Gasteiger partial charge is 0.224 e. The van der Waals surface area contributed by atoms with Crippen LogP contribution in [-0.2, 0) is 9.59 Å². The average molecular weight is 287 g/mol. The van der Waals surface area contributed by atoms with Crippen molar-refractivity contribution in [3.8, 4) is 0 Å². The quantitative estimate of drug-likeness (QED) is 0.714. The SMILES string of the molecule is CCN(CC)C(=O)CCNC(=O)CC1CSCCN1. The molecule has 0 spiro atoms. The summed E-state index contributed by atoms with van der Waals surface area (Å²) in [4.78, 5) is 25.2. The minimum Gasteiger partial charge on any atom is -0.356 e. The summed E-state index contributed by atoms with van der Waals surface area (Å²) in [6, 6.07) is 0.275. The highest BCUT2D eigenvalue weighted by atomic mass is 32.2. The summed E-state index contributed by atoms with van der Waals surface area (Å²) < 4.78 is 0. The van der Waals surface area contributed by atoms with Gasteiger partial charge in [0.25, 0.3) is 0 Å². The third-order valence-corrected chi connectivity index (χ3v) is 4.34. The van der Waals surface area contributed by atoms with Crippen LogP contribution in [0, 0.1) is 0 Å². The van der Waals surface area contributed by atoms with Crippen molar-refractivity contribution in [1.29, 1.82) is 0 Å². The largest absolute Gasteiger partial charge is 0.356 e. The summed E-state index contributed by atoms with van der Waals surface area (Å²) in [7, 11) is 0. The standard InChI is InChI=1S/C13H25N3O2S/c1-3-16(4-2)13(18)5-6-15-12(17)9-11-10-19-8-7-14-11/h11,14H,3-10H2,1-2H3,(H,15,17). The fraction of sp³-hybridized carbons (Fsp3) is 0.846. The Morgan fingerprint density at radius 1 is 1.37 bits per heavy atom. The molecule has 1 heterocycles. The Labute approximate surface area is 119 Å². The molecule has 0 aromatic carbocycles. The van der Waals surface area contributed by atoms with Crippen LogP contribution in [0.15, 0.2) is 0 Å². The van der Waals surface area contributed by atoms with Gasteiger partial charge in [-0.1, -0.05) is 0 Å². The van der Waals surface area contributed by atoms with Crippen molar-refractivity contribution >= 4 is 23.6 Å². The molecule has 2 N–H and O–H groups in total. The molecule has 6 heteroatoms. The molecule has 0 radical (unpaired) electrons. The lowest BCUT2D eigenvalue weighted by Crippen LogP contribution is -2.42. The number of hydrogen-bond donors (Lipinski definition) is 2. The molecule has 110 valence electrons. The number of nitrogens with zero attached hydrogens (tertiary/aromatic N) is 1. The molecule has 0 aromatic rings. The maximum absolute atomic E-state index is 11.7. The molecule has 1 saturated heterocycles. The van der Waals surface area contributed by atoms with E-state index >= 15 is 0 Å². The summed E-state index contributed by atoms with van der Waals surface area (Å²) in [5.74, 6) is 2.26. The van der Waals surface area contributed by atoms with Crippen LogP contribution in [0.25, 0.3) is 0 Å². The zero-order chi connectivity index (χ0) is 14.1. The van der Waals surface area contributed by atoms with Gasteiger partial charge in [0.1, 0.15) is 0 Å². The average Bonchev–Trinajstić information content (AvgIpc) is 2.41. The van der Waals surface area contributed by atoms with Crippen molar-refractivity contribution < 1.29 is 9.59 Å². The van der Waals surface area contributed by atoms with Crippen LogP contribution in [0.1, 0.15) is 26.7 Å². The number of thioether (sulfide) groups is 1. The normalized spacial score (nSPS) is 18.9. The molecule has 1 atom stereocenters. The van der Waals surface area contributed by atoms with E-state index in [1.807, 2.05) is 25.6 Å². The van der Waals surface area contributed by atoms with E-state index in [2.05, 4.69) is 10.6 Å². The fourth-order valence-corrected chi connectivity index (χ4v) is 3.04. The van der Waals surface area contributed by atoms with Gasteiger partial charge < -0.3 is 15.5 Å². The zero-order valence-electron chi connectivity index (χ0n) is 11.9. The van der Waals surface area contributed by atoms with Gasteiger partial charge in [-0.05, 0) is 13.8 Å². The monoisotopic (exact) mass is 287 g/mol. The molecule has 1 fully saturated rings. The first-order chi connectivity index (χ1) is 9.17. The van der Waals surface area contributed by atoms with Crippen LogP contribution in [0.2, 0.25) is 0 Å². The van der Waals surface area contributed by atoms with Crippen LogP contribution in [-0.4, -0.2) is 60.4 Å². The van der Waals surface area contributed by atoms with Crippen molar-refractivity contribution in [3.63, 3.8) is 0 Å². The molecule has 0 saturated carbocycles. The van der Waals surface area contributed by atoms with E-state index in [1.165, 1.54) is 0 Å². The second-order valence-electron chi connectivity index (χ2n) is 4.60. The van der Waals surface area contributed by atoms with Crippen molar-refractivity contribution in [3.05, 3.63) is 0 Å². The molecule has 0 aliphatic carbocycles. The first kappa shape index (κ1) is 16.3. The van der Waals surface area contributed by atoms with E-state index in [0.29, 0.717) is 19.4 Å². The Bertz CT molecular complexity index is 290. The van der Waals surface area contributed by atoms with E-state index in [0.717, 1.165) is 31.1 Å². The van der Waals surface area contributed by atoms with Crippen molar-refractivity contribution in [1.82, 2.24) is 15.5 Å². The van der Waals surface area contributed by atoms with Crippen molar-refractivity contribution in [2.45, 2.75) is 32.7 Å². The fourth-order valence-electron chi connectivity index (χ4n) is 2.09. The van der Waals surface area contributed by atoms with Gasteiger partial charge in [-0.2, -0.15) is 11.8 Å². The molecule has 0 bridgehead atoms. The van der Waals surface area contributed by atoms with Gasteiger partial charge in [-0.15, -0.1) is 0 Å². The Hall–Kier alpha value is -0.750. The van der Waals surface area contributed by atoms with Gasteiger partial charge >= 0.3 is 0 Å². The van der Waals surface area contributed by atoms with Gasteiger partial charge in [-0.25, -0.2) is 0 Å². The molecule has 0 aromatic heterocycles. The number of carbonyl (C=O) groups is 2. The molecular formula is C13H25N3O2S. The zero-order valence-corrected chi connectivity index (χ0v) is 12.7. The molecule has 5 nitrogen and oxygen atoms in total. The highest BCUT2D eigenvalue weighted by molar-refractivity contribution is 7.99. The lowest BCUT2D eigenvalue weighted by molar-refractivity contribution is -0.130. The number of carbonyl (C=O) groups excluding carboxylic acids is 2. The second kappa shape index (κ2) is 9.20. The van der Waals surface area contributed by atoms with Gasteiger partial charge in [0.2, 0.25) is 11.8 Å². The first-order valence-corrected chi connectivity index (χ1v) is 8.18. The Morgan fingerprint density at radius 2 is 2.11 bits per heavy atom. The van der Waals surface area contributed by atoms with E-state index in [1.54, 1.807) is 4.90 Å². The maximum atomic E-state index is 11.7. The van der Waals surface area contributed by atoms with Crippen molar-refractivity contribution in [2.75, 3.05) is 37.7 Å². The maximum Gasteiger partial charge on any atom is 0.224 e. The third kappa shape index (κ3) is 6.29. The van der Waals surface area contributed by atoms with Crippen LogP contribution in [0.3, 0.4) is 0 Å². The van der Waals surface area contributed by atoms with E-state index in [9.17, 15) is 9.59 Å². The lowest BCUT2D eigenvalue weighted by atomic mass is 10.2. The number of hydrogen-bond acceptors (Lipinski definition) is 4. The Balaban J connectivity index is 2.14. The summed E-state index contributed by atoms with van der Waals surface area (Å²) >= 11 is 1.88. The van der Waals surface area contributed by atoms with Crippen LogP contribution < -0.4 is 10.6 Å². The highest BCUT2D eigenvalue weighted by Gasteiger charge is 2.16. The van der Waals surface area contributed by atoms with Crippen molar-refractivity contribution in [2.24, 2.45) is 0 Å². The highest BCUT2D eigenvalue weighted by Crippen LogP contribution is 2.09. The summed E-state index contributed by atoms with van der Waals surface area (Å²) in [5, 5.41) is 6.16. The van der Waals surface area contributed by atoms with E-state index in [4.69, 9.17) is 0 Å². The number of amides is 2. The predicted octanol–water partition coefficient (Wildman–Crippen LogP) is 0.456. The number of nitrogens with one attached hydrogen (secondary N) is 2. The first-order valence-electron chi connectivity index (χ1n) is 7.03. The molecule has 1 rings (SSSR count). The number of rotatable bonds is 7. The molecular weight excluding hydrogens is 262 g/mol. The topological polar surface area (TPSA) is 61.4 Å². The summed E-state index contributed by atoms with van der Waals surface area (Å²) in [6.07, 6.45) is 0.896.